The number of halogens is 3. The monoisotopic (exact) mass is 616 g/mol. The normalized spacial score (nSPS) is 17.0. The predicted octanol–water partition coefficient (Wildman–Crippen LogP) is 2.58. The van der Waals surface area contributed by atoms with Crippen LogP contribution < -0.4 is 5.73 Å². The number of nitrogens with two attached hydrogens (primary N) is 1. The number of fused-ring (bicyclic) bond motifs is 1. The number of piperazine rings is 1. The van der Waals surface area contributed by atoms with Gasteiger partial charge in [0.2, 0.25) is 5.91 Å². The van der Waals surface area contributed by atoms with Gasteiger partial charge in [0, 0.05) is 44.2 Å². The molecule has 2 amide bonds. The lowest BCUT2D eigenvalue weighted by atomic mass is 9.83. The Hall–Kier alpha value is -2.35. The van der Waals surface area contributed by atoms with Crippen molar-refractivity contribution < 1.29 is 37.7 Å². The van der Waals surface area contributed by atoms with E-state index >= 15 is 0 Å². The molecule has 236 valence electrons. The lowest BCUT2D eigenvalue weighted by molar-refractivity contribution is -0.135. The maximum atomic E-state index is 14.1. The minimum atomic E-state index is -0.991. The van der Waals surface area contributed by atoms with E-state index in [4.69, 9.17) is 25.1 Å². The van der Waals surface area contributed by atoms with Crippen molar-refractivity contribution in [2.24, 2.45) is 11.7 Å². The van der Waals surface area contributed by atoms with E-state index in [1.165, 1.54) is 6.42 Å². The van der Waals surface area contributed by atoms with Crippen molar-refractivity contribution in [1.29, 1.82) is 0 Å². The van der Waals surface area contributed by atoms with Gasteiger partial charge < -0.3 is 39.4 Å². The van der Waals surface area contributed by atoms with E-state index in [9.17, 15) is 18.4 Å². The van der Waals surface area contributed by atoms with Crippen LogP contribution in [-0.2, 0) is 25.5 Å². The molecule has 2 heterocycles. The lowest BCUT2D eigenvalue weighted by Gasteiger charge is -2.37. The third kappa shape index (κ3) is 8.84. The van der Waals surface area contributed by atoms with Crippen molar-refractivity contribution in [1.82, 2.24) is 14.4 Å². The molecule has 1 saturated carbocycles. The quantitative estimate of drug-likeness (QED) is 0.313. The fraction of sp³-hybridized carbons (Fsp3) is 0.655. The fourth-order valence-electron chi connectivity index (χ4n) is 5.63. The number of benzene rings is 1. The van der Waals surface area contributed by atoms with Crippen LogP contribution in [0.5, 0.6) is 0 Å². The molecule has 1 aliphatic carbocycles. The molecule has 0 spiro atoms. The van der Waals surface area contributed by atoms with Crippen LogP contribution >= 0.6 is 12.4 Å². The van der Waals surface area contributed by atoms with Gasteiger partial charge in [-0.15, -0.1) is 12.4 Å². The zero-order valence-electron chi connectivity index (χ0n) is 24.0. The second kappa shape index (κ2) is 17.1. The van der Waals surface area contributed by atoms with Crippen molar-refractivity contribution in [2.75, 3.05) is 72.4 Å². The van der Waals surface area contributed by atoms with Crippen molar-refractivity contribution in [3.05, 3.63) is 35.5 Å². The van der Waals surface area contributed by atoms with Gasteiger partial charge in [-0.2, -0.15) is 0 Å². The fourth-order valence-corrected chi connectivity index (χ4v) is 5.63. The Balaban J connectivity index is 0.00000484. The Kier molecular flexibility index (Phi) is 13.9. The summed E-state index contributed by atoms with van der Waals surface area (Å²) in [5, 5.41) is 9.11. The Bertz CT molecular complexity index is 1150. The highest BCUT2D eigenvalue weighted by Crippen LogP contribution is 2.27. The highest BCUT2D eigenvalue weighted by atomic mass is 35.5. The highest BCUT2D eigenvalue weighted by Gasteiger charge is 2.33. The Morgan fingerprint density at radius 3 is 2.07 bits per heavy atom. The molecular weight excluding hydrogens is 574 g/mol. The van der Waals surface area contributed by atoms with Crippen LogP contribution in [0.3, 0.4) is 0 Å². The number of rotatable bonds is 14. The van der Waals surface area contributed by atoms with Crippen LogP contribution in [0.25, 0.3) is 10.9 Å². The molecular formula is C29H43ClF2N4O6. The molecule has 0 bridgehead atoms. The topological polar surface area (TPSA) is 119 Å². The zero-order valence-corrected chi connectivity index (χ0v) is 24.8. The number of aromatic nitrogens is 1. The average Bonchev–Trinajstić information content (AvgIpc) is 3.34. The van der Waals surface area contributed by atoms with Gasteiger partial charge in [-0.3, -0.25) is 9.59 Å². The molecule has 4 rings (SSSR count). The predicted molar refractivity (Wildman–Crippen MR) is 156 cm³/mol. The van der Waals surface area contributed by atoms with Gasteiger partial charge in [0.15, 0.2) is 11.6 Å². The third-order valence-corrected chi connectivity index (χ3v) is 7.92. The first-order valence-corrected chi connectivity index (χ1v) is 14.6. The number of amides is 2. The summed E-state index contributed by atoms with van der Waals surface area (Å²) in [6.45, 7) is 3.59. The van der Waals surface area contributed by atoms with Gasteiger partial charge in [0.25, 0.3) is 5.91 Å². The average molecular weight is 617 g/mol. The molecule has 0 unspecified atom stereocenters. The summed E-state index contributed by atoms with van der Waals surface area (Å²) in [7, 11) is 0. The molecule has 1 aromatic carbocycles. The van der Waals surface area contributed by atoms with Crippen molar-refractivity contribution >= 4 is 35.1 Å². The van der Waals surface area contributed by atoms with Gasteiger partial charge in [-0.05, 0) is 30.9 Å². The maximum absolute atomic E-state index is 14.1. The van der Waals surface area contributed by atoms with Crippen molar-refractivity contribution in [3.63, 3.8) is 0 Å². The summed E-state index contributed by atoms with van der Waals surface area (Å²) < 4.78 is 46.0. The number of nitrogens with zero attached hydrogens (tertiary/aromatic N) is 3. The van der Waals surface area contributed by atoms with E-state index in [0.717, 1.165) is 37.8 Å². The second-order valence-electron chi connectivity index (χ2n) is 10.6. The molecule has 1 aromatic heterocycles. The Morgan fingerprint density at radius 2 is 1.43 bits per heavy atom. The molecule has 10 nitrogen and oxygen atoms in total. The summed E-state index contributed by atoms with van der Waals surface area (Å²) in [6.07, 6.45) is 5.37. The SMILES string of the molecule is Cl.N[C@H](C(=O)N1CCN(C(=O)c2cc3cc(F)c(F)cc3n2CCOCCOCCOCCO)CC1)C1CCCCC1. The van der Waals surface area contributed by atoms with Crippen LogP contribution in [0.4, 0.5) is 8.78 Å². The highest BCUT2D eigenvalue weighted by molar-refractivity contribution is 5.99. The van der Waals surface area contributed by atoms with E-state index in [2.05, 4.69) is 0 Å². The number of carbonyl (C=O) groups is 2. The van der Waals surface area contributed by atoms with Crippen LogP contribution in [0, 0.1) is 17.6 Å². The molecule has 1 aliphatic heterocycles. The van der Waals surface area contributed by atoms with Gasteiger partial charge in [0.05, 0.1) is 57.8 Å². The molecule has 2 fully saturated rings. The molecule has 2 aromatic rings. The smallest absolute Gasteiger partial charge is 0.270 e. The largest absolute Gasteiger partial charge is 0.394 e. The van der Waals surface area contributed by atoms with Crippen LogP contribution in [0.2, 0.25) is 0 Å². The van der Waals surface area contributed by atoms with E-state index < -0.39 is 17.7 Å². The van der Waals surface area contributed by atoms with Crippen LogP contribution in [-0.4, -0.2) is 110 Å². The molecule has 0 radical (unpaired) electrons. The van der Waals surface area contributed by atoms with Gasteiger partial charge in [-0.25, -0.2) is 8.78 Å². The van der Waals surface area contributed by atoms with Gasteiger partial charge >= 0.3 is 0 Å². The maximum Gasteiger partial charge on any atom is 0.270 e. The number of hydrogen-bond acceptors (Lipinski definition) is 7. The summed E-state index contributed by atoms with van der Waals surface area (Å²) in [6, 6.07) is 3.26. The van der Waals surface area contributed by atoms with Gasteiger partial charge in [-0.1, -0.05) is 19.3 Å². The van der Waals surface area contributed by atoms with Crippen LogP contribution in [0.1, 0.15) is 42.6 Å². The third-order valence-electron chi connectivity index (χ3n) is 7.92. The van der Waals surface area contributed by atoms with Gasteiger partial charge in [0.1, 0.15) is 5.69 Å². The standard InChI is InChI=1S/C29H42F2N4O6.ClH/c30-23-18-22-19-26(35(25(22)20-24(23)31)10-12-39-14-16-41-17-15-40-13-11-36)28(37)33-6-8-34(9-7-33)29(38)27(32)21-4-2-1-3-5-21;/h18-21,27,36H,1-17,32H2;1H/t27-;/m0./s1. The van der Waals surface area contributed by atoms with E-state index in [1.54, 1.807) is 20.4 Å². The molecule has 42 heavy (non-hydrogen) atoms. The number of aliphatic hydroxyl groups is 1. The van der Waals surface area contributed by atoms with Crippen molar-refractivity contribution in [3.8, 4) is 0 Å². The second-order valence-corrected chi connectivity index (χ2v) is 10.6. The molecule has 13 heteroatoms. The number of carbonyl (C=O) groups excluding carboxylic acids is 2. The van der Waals surface area contributed by atoms with E-state index in [0.29, 0.717) is 69.2 Å². The zero-order chi connectivity index (χ0) is 29.2. The Labute approximate surface area is 251 Å². The summed E-state index contributed by atoms with van der Waals surface area (Å²) in [5.41, 5.74) is 7.05. The lowest BCUT2D eigenvalue weighted by Crippen LogP contribution is -2.56. The summed E-state index contributed by atoms with van der Waals surface area (Å²) in [4.78, 5) is 30.1. The summed E-state index contributed by atoms with van der Waals surface area (Å²) >= 11 is 0. The Morgan fingerprint density at radius 1 is 0.857 bits per heavy atom. The summed E-state index contributed by atoms with van der Waals surface area (Å²) in [5.74, 6) is -2.08. The number of hydrogen-bond donors (Lipinski definition) is 2. The first kappa shape index (κ1) is 34.1. The van der Waals surface area contributed by atoms with E-state index in [1.807, 2.05) is 0 Å². The minimum absolute atomic E-state index is 0. The molecule has 1 saturated heterocycles. The minimum Gasteiger partial charge on any atom is -0.394 e. The molecule has 3 N–H and O–H groups in total. The molecule has 2 aliphatic rings. The van der Waals surface area contributed by atoms with Crippen molar-refractivity contribution in [2.45, 2.75) is 44.7 Å². The number of ether oxygens (including phenoxy) is 3. The number of aliphatic hydroxyl groups excluding tert-OH is 1. The van der Waals surface area contributed by atoms with E-state index in [-0.39, 0.29) is 56.5 Å². The first-order valence-electron chi connectivity index (χ1n) is 14.6. The first-order chi connectivity index (χ1) is 19.9. The molecule has 1 atom stereocenters. The van der Waals surface area contributed by atoms with Crippen LogP contribution in [0.15, 0.2) is 18.2 Å².